The highest BCUT2D eigenvalue weighted by molar-refractivity contribution is 9.10. The number of rotatable bonds is 3. The first-order valence-corrected chi connectivity index (χ1v) is 10.1. The van der Waals surface area contributed by atoms with Crippen LogP contribution < -0.4 is 5.32 Å². The average Bonchev–Trinajstić information content (AvgIpc) is 3.03. The molecule has 4 atom stereocenters. The highest BCUT2D eigenvalue weighted by atomic mass is 79.9. The Kier molecular flexibility index (Phi) is 4.05. The van der Waals surface area contributed by atoms with Crippen molar-refractivity contribution in [3.8, 4) is 0 Å². The Balaban J connectivity index is 1.32. The van der Waals surface area contributed by atoms with E-state index in [0.29, 0.717) is 23.4 Å². The van der Waals surface area contributed by atoms with Crippen molar-refractivity contribution < 1.29 is 14.3 Å². The number of hydrogen-bond acceptors (Lipinski definition) is 3. The van der Waals surface area contributed by atoms with E-state index in [9.17, 15) is 14.3 Å². The van der Waals surface area contributed by atoms with Crippen LogP contribution in [0.3, 0.4) is 0 Å². The molecule has 1 heterocycles. The molecule has 2 saturated carbocycles. The van der Waals surface area contributed by atoms with Crippen LogP contribution in [-0.4, -0.2) is 27.3 Å². The molecule has 2 aromatic carbocycles. The van der Waals surface area contributed by atoms with Crippen molar-refractivity contribution in [1.29, 1.82) is 0 Å². The van der Waals surface area contributed by atoms with Crippen LogP contribution in [-0.2, 0) is 5.60 Å². The van der Waals surface area contributed by atoms with Gasteiger partial charge in [-0.3, -0.25) is 9.89 Å². The van der Waals surface area contributed by atoms with Gasteiger partial charge < -0.3 is 10.4 Å². The van der Waals surface area contributed by atoms with Gasteiger partial charge in [-0.1, -0.05) is 11.6 Å². The number of hydrogen-bond donors (Lipinski definition) is 3. The van der Waals surface area contributed by atoms with Crippen LogP contribution >= 0.6 is 27.5 Å². The monoisotopic (exact) mass is 463 g/mol. The van der Waals surface area contributed by atoms with Crippen molar-refractivity contribution in [2.45, 2.75) is 24.5 Å². The van der Waals surface area contributed by atoms with Crippen LogP contribution in [0.1, 0.15) is 28.8 Å². The first kappa shape index (κ1) is 18.1. The summed E-state index contributed by atoms with van der Waals surface area (Å²) in [6.45, 7) is 0. The van der Waals surface area contributed by atoms with E-state index in [2.05, 4.69) is 31.4 Å². The van der Waals surface area contributed by atoms with E-state index in [0.717, 1.165) is 16.5 Å². The van der Waals surface area contributed by atoms with Gasteiger partial charge in [0.2, 0.25) is 0 Å². The molecule has 1 aromatic heterocycles. The number of fused-ring (bicyclic) bond motifs is 2. The highest BCUT2D eigenvalue weighted by Gasteiger charge is 2.62. The summed E-state index contributed by atoms with van der Waals surface area (Å²) in [6.07, 6.45) is 2.81. The first-order valence-electron chi connectivity index (χ1n) is 8.97. The SMILES string of the molecule is O=C(N[C@@H]1[C@@H]2C[C@@](O)(c3cc(Cl)cc4[nH]ncc34)C[C@@H]21)c1ccc(F)c(Br)c1. The Morgan fingerprint density at radius 2 is 2.07 bits per heavy atom. The van der Waals surface area contributed by atoms with E-state index >= 15 is 0 Å². The molecule has 0 bridgehead atoms. The second-order valence-corrected chi connectivity index (χ2v) is 8.97. The fourth-order valence-corrected chi connectivity index (χ4v) is 5.17. The normalized spacial score (nSPS) is 28.4. The Bertz CT molecular complexity index is 1110. The first-order chi connectivity index (χ1) is 13.4. The number of halogens is 3. The number of amides is 1. The Morgan fingerprint density at radius 1 is 1.32 bits per heavy atom. The van der Waals surface area contributed by atoms with Gasteiger partial charge in [0.25, 0.3) is 5.91 Å². The van der Waals surface area contributed by atoms with Gasteiger partial charge in [-0.25, -0.2) is 4.39 Å². The number of aliphatic hydroxyl groups is 1. The average molecular weight is 465 g/mol. The number of carbonyl (C=O) groups is 1. The van der Waals surface area contributed by atoms with Crippen molar-refractivity contribution in [2.24, 2.45) is 11.8 Å². The van der Waals surface area contributed by atoms with Crippen molar-refractivity contribution in [3.63, 3.8) is 0 Å². The fourth-order valence-electron chi connectivity index (χ4n) is 4.57. The lowest BCUT2D eigenvalue weighted by Crippen LogP contribution is -2.33. The second kappa shape index (κ2) is 6.27. The van der Waals surface area contributed by atoms with Crippen LogP contribution in [0, 0.1) is 17.7 Å². The number of carbonyl (C=O) groups excluding carboxylic acids is 1. The summed E-state index contributed by atoms with van der Waals surface area (Å²) in [5, 5.41) is 22.7. The molecule has 3 N–H and O–H groups in total. The van der Waals surface area contributed by atoms with Crippen molar-refractivity contribution in [3.05, 3.63) is 63.0 Å². The predicted molar refractivity (Wildman–Crippen MR) is 107 cm³/mol. The second-order valence-electron chi connectivity index (χ2n) is 7.68. The molecule has 8 heteroatoms. The van der Waals surface area contributed by atoms with Gasteiger partial charge >= 0.3 is 0 Å². The Labute approximate surface area is 173 Å². The maximum absolute atomic E-state index is 13.4. The molecule has 0 saturated heterocycles. The number of aromatic nitrogens is 2. The zero-order chi connectivity index (χ0) is 19.6. The maximum atomic E-state index is 13.4. The lowest BCUT2D eigenvalue weighted by Gasteiger charge is -2.27. The van der Waals surface area contributed by atoms with E-state index in [4.69, 9.17) is 11.6 Å². The summed E-state index contributed by atoms with van der Waals surface area (Å²) < 4.78 is 13.6. The number of nitrogens with zero attached hydrogens (tertiary/aromatic N) is 1. The third kappa shape index (κ3) is 2.84. The van der Waals surface area contributed by atoms with E-state index in [-0.39, 0.29) is 28.3 Å². The molecule has 0 unspecified atom stereocenters. The summed E-state index contributed by atoms with van der Waals surface area (Å²) >= 11 is 9.31. The van der Waals surface area contributed by atoms with E-state index < -0.39 is 11.4 Å². The molecule has 1 amide bonds. The van der Waals surface area contributed by atoms with Crippen molar-refractivity contribution in [2.75, 3.05) is 0 Å². The van der Waals surface area contributed by atoms with Crippen LogP contribution in [0.5, 0.6) is 0 Å². The molecule has 3 aromatic rings. The quantitative estimate of drug-likeness (QED) is 0.545. The van der Waals surface area contributed by atoms with E-state index in [1.807, 2.05) is 0 Å². The standard InChI is InChI=1S/C20H16BrClFN3O2/c21-15-3-9(1-2-16(15)23)19(27)25-18-11-6-20(28,7-12(11)18)14-4-10(22)5-17-13(14)8-24-26-17/h1-5,8,11-12,18,28H,6-7H2,(H,24,26)(H,25,27)/t11-,12+,18-,20+. The Morgan fingerprint density at radius 3 is 2.79 bits per heavy atom. The molecule has 28 heavy (non-hydrogen) atoms. The van der Waals surface area contributed by atoms with Crippen LogP contribution in [0.4, 0.5) is 4.39 Å². The lowest BCUT2D eigenvalue weighted by atomic mass is 9.86. The Hall–Kier alpha value is -1.96. The summed E-state index contributed by atoms with van der Waals surface area (Å²) in [7, 11) is 0. The topological polar surface area (TPSA) is 78.0 Å². The summed E-state index contributed by atoms with van der Waals surface area (Å²) in [4.78, 5) is 12.5. The molecule has 0 aliphatic heterocycles. The number of aromatic amines is 1. The zero-order valence-electron chi connectivity index (χ0n) is 14.5. The third-order valence-electron chi connectivity index (χ3n) is 5.98. The van der Waals surface area contributed by atoms with Gasteiger partial charge in [-0.05, 0) is 76.5 Å². The maximum Gasteiger partial charge on any atom is 0.251 e. The van der Waals surface area contributed by atoms with Crippen LogP contribution in [0.15, 0.2) is 41.0 Å². The van der Waals surface area contributed by atoms with Gasteiger partial charge in [0, 0.05) is 22.0 Å². The van der Waals surface area contributed by atoms with Gasteiger partial charge in [0.05, 0.1) is 21.8 Å². The molecule has 5 rings (SSSR count). The fraction of sp³-hybridized carbons (Fsp3) is 0.300. The van der Waals surface area contributed by atoms with Gasteiger partial charge in [0.1, 0.15) is 5.82 Å². The molecule has 2 aliphatic rings. The molecule has 0 spiro atoms. The smallest absolute Gasteiger partial charge is 0.251 e. The highest BCUT2D eigenvalue weighted by Crippen LogP contribution is 2.60. The predicted octanol–water partition coefficient (Wildman–Crippen LogP) is 4.14. The molecular formula is C20H16BrClFN3O2. The van der Waals surface area contributed by atoms with E-state index in [1.165, 1.54) is 18.2 Å². The van der Waals surface area contributed by atoms with Crippen molar-refractivity contribution >= 4 is 44.3 Å². The van der Waals surface area contributed by atoms with Crippen molar-refractivity contribution in [1.82, 2.24) is 15.5 Å². The number of nitrogens with one attached hydrogen (secondary N) is 2. The minimum Gasteiger partial charge on any atom is -0.385 e. The minimum absolute atomic E-state index is 0.0237. The number of benzene rings is 2. The largest absolute Gasteiger partial charge is 0.385 e. The molecule has 5 nitrogen and oxygen atoms in total. The minimum atomic E-state index is -0.984. The molecule has 144 valence electrons. The summed E-state index contributed by atoms with van der Waals surface area (Å²) in [5.74, 6) is -0.224. The molecule has 0 radical (unpaired) electrons. The van der Waals surface area contributed by atoms with Gasteiger partial charge in [-0.2, -0.15) is 5.10 Å². The van der Waals surface area contributed by atoms with Crippen LogP contribution in [0.2, 0.25) is 5.02 Å². The molecular weight excluding hydrogens is 449 g/mol. The third-order valence-corrected chi connectivity index (χ3v) is 6.81. The lowest BCUT2D eigenvalue weighted by molar-refractivity contribution is 0.0293. The van der Waals surface area contributed by atoms with E-state index in [1.54, 1.807) is 18.3 Å². The summed E-state index contributed by atoms with van der Waals surface area (Å²) in [6, 6.07) is 7.81. The number of H-pyrrole nitrogens is 1. The summed E-state index contributed by atoms with van der Waals surface area (Å²) in [5.41, 5.74) is 0.998. The zero-order valence-corrected chi connectivity index (χ0v) is 16.9. The van der Waals surface area contributed by atoms with Gasteiger partial charge in [-0.15, -0.1) is 0 Å². The van der Waals surface area contributed by atoms with Crippen LogP contribution in [0.25, 0.3) is 10.9 Å². The van der Waals surface area contributed by atoms with Gasteiger partial charge in [0.15, 0.2) is 0 Å². The molecule has 2 aliphatic carbocycles. The molecule has 2 fully saturated rings.